The quantitative estimate of drug-likeness (QED) is 0.0682. The molecular formula is C39H66N2O29. The van der Waals surface area contributed by atoms with E-state index < -0.39 is 223 Å². The number of hydrogen-bond acceptors (Lipinski definition) is 29. The van der Waals surface area contributed by atoms with Crippen LogP contribution < -0.4 is 10.6 Å². The molecule has 6 aliphatic heterocycles. The second-order valence-electron chi connectivity index (χ2n) is 17.8. The summed E-state index contributed by atoms with van der Waals surface area (Å²) in [6.07, 6.45) is -49.1. The third-order valence-electron chi connectivity index (χ3n) is 12.8. The van der Waals surface area contributed by atoms with Gasteiger partial charge in [0.05, 0.1) is 39.1 Å². The minimum Gasteiger partial charge on any atom is -0.394 e. The highest BCUT2D eigenvalue weighted by Crippen LogP contribution is 2.36. The van der Waals surface area contributed by atoms with Gasteiger partial charge in [0.25, 0.3) is 0 Å². The molecule has 6 fully saturated rings. The van der Waals surface area contributed by atoms with Crippen molar-refractivity contribution in [2.45, 2.75) is 199 Å². The summed E-state index contributed by atoms with van der Waals surface area (Å²) >= 11 is 0. The minimum atomic E-state index is -2.14. The van der Waals surface area contributed by atoms with E-state index in [4.69, 9.17) is 52.1 Å². The maximum atomic E-state index is 12.8. The van der Waals surface area contributed by atoms with E-state index in [1.807, 2.05) is 0 Å². The van der Waals surface area contributed by atoms with Crippen LogP contribution in [0.4, 0.5) is 0 Å². The number of hydrogen-bond donors (Lipinski definition) is 18. The number of ether oxygens (including phenoxy) is 11. The average Bonchev–Trinajstić information content (AvgIpc) is 3.32. The molecule has 406 valence electrons. The van der Waals surface area contributed by atoms with Gasteiger partial charge in [-0.05, 0) is 6.92 Å². The molecule has 6 aliphatic rings. The van der Waals surface area contributed by atoms with Crippen molar-refractivity contribution in [1.29, 1.82) is 0 Å². The zero-order chi connectivity index (χ0) is 51.6. The van der Waals surface area contributed by atoms with E-state index >= 15 is 0 Å². The molecule has 2 amide bonds. The molecule has 6 heterocycles. The summed E-state index contributed by atoms with van der Waals surface area (Å²) in [7, 11) is 0. The van der Waals surface area contributed by atoms with E-state index in [0.717, 1.165) is 13.8 Å². The second-order valence-corrected chi connectivity index (χ2v) is 17.8. The van der Waals surface area contributed by atoms with Crippen LogP contribution in [0.2, 0.25) is 0 Å². The van der Waals surface area contributed by atoms with Gasteiger partial charge in [-0.2, -0.15) is 0 Å². The standard InChI is InChI=1S/C39H66N2O29/c1-9-19(48)24(53)29(58)38(62-9)69-32-18(41-11(3)46)34(59)63-15(6-44)31(32)68-35-17(40-10(2)45)23(52)30(14(5-43)65-35)67-39-33(70-37-27(56)20(49)12(47)7-60-37)26(55)22(51)16(66-39)8-61-36-28(57)25(54)21(50)13(4-42)64-36/h9,12-39,42-44,47-59H,4-8H2,1-3H3,(H,40,45)(H,41,46)/t9-,12+,13+,14+,15+,16+,17+,18+,19-,20-,21+,22+,23+,24-,25-,26-,27+,28-,29+,30+,31+,32+,33-,34+,35-,36-,37-,38+,39-/m0/s1. The molecule has 31 nitrogen and oxygen atoms in total. The van der Waals surface area contributed by atoms with Crippen molar-refractivity contribution in [1.82, 2.24) is 10.6 Å². The first-order valence-electron chi connectivity index (χ1n) is 22.4. The van der Waals surface area contributed by atoms with Crippen LogP contribution in [0, 0.1) is 0 Å². The highest BCUT2D eigenvalue weighted by molar-refractivity contribution is 5.73. The lowest BCUT2D eigenvalue weighted by Crippen LogP contribution is -2.71. The zero-order valence-corrected chi connectivity index (χ0v) is 37.7. The molecule has 6 rings (SSSR count). The fourth-order valence-electron chi connectivity index (χ4n) is 8.86. The van der Waals surface area contributed by atoms with Crippen molar-refractivity contribution in [3.8, 4) is 0 Å². The molecule has 0 saturated carbocycles. The van der Waals surface area contributed by atoms with Crippen LogP contribution >= 0.6 is 0 Å². The SMILES string of the molecule is CC(=O)N[C@@H]1[C@@H](O[C@H]2O[C@@H](C)[C@H](O)[C@H](O)[C@H]2O)[C@H](O[C@@H]2O[C@H](CO)[C@@H](O[C@@H]3O[C@H](CO[C@H]4O[C@H](CO)[C@@H](O)[C@H](O)[C@@H]4O)[C@@H](O)[C@H](O)[C@@H]3O[C@@H]3OC[C@@H](O)[C@H](O)[C@H]3O)[C@H](O)[C@H]2NC(C)=O)[C@@H](CO)O[C@H]1O. The summed E-state index contributed by atoms with van der Waals surface area (Å²) in [5.74, 6) is -1.60. The molecule has 18 N–H and O–H groups in total. The molecule has 0 spiro atoms. The lowest BCUT2D eigenvalue weighted by molar-refractivity contribution is -0.389. The Labute approximate surface area is 397 Å². The molecule has 29 atom stereocenters. The highest BCUT2D eigenvalue weighted by atomic mass is 16.8. The highest BCUT2D eigenvalue weighted by Gasteiger charge is 2.57. The van der Waals surface area contributed by atoms with Gasteiger partial charge in [0.15, 0.2) is 37.7 Å². The van der Waals surface area contributed by atoms with E-state index in [0.29, 0.717) is 0 Å². The smallest absolute Gasteiger partial charge is 0.217 e. The van der Waals surface area contributed by atoms with Gasteiger partial charge in [0, 0.05) is 13.8 Å². The number of carbonyl (C=O) groups excluding carboxylic acids is 2. The largest absolute Gasteiger partial charge is 0.394 e. The lowest BCUT2D eigenvalue weighted by atomic mass is 9.93. The van der Waals surface area contributed by atoms with Crippen molar-refractivity contribution in [2.24, 2.45) is 0 Å². The molecule has 6 saturated heterocycles. The maximum absolute atomic E-state index is 12.8. The Hall–Kier alpha value is -2.14. The number of nitrogens with one attached hydrogen (secondary N) is 2. The second kappa shape index (κ2) is 24.5. The average molecular weight is 1030 g/mol. The monoisotopic (exact) mass is 1030 g/mol. The van der Waals surface area contributed by atoms with Gasteiger partial charge in [-0.3, -0.25) is 9.59 Å². The molecular weight excluding hydrogens is 960 g/mol. The fourth-order valence-corrected chi connectivity index (χ4v) is 8.86. The minimum absolute atomic E-state index is 0.601. The van der Waals surface area contributed by atoms with Crippen LogP contribution in [0.15, 0.2) is 0 Å². The van der Waals surface area contributed by atoms with Gasteiger partial charge in [0.1, 0.15) is 134 Å². The first kappa shape index (κ1) is 57.1. The number of aliphatic hydroxyl groups excluding tert-OH is 16. The Bertz CT molecular complexity index is 1680. The summed E-state index contributed by atoms with van der Waals surface area (Å²) in [6, 6.07) is -3.40. The van der Waals surface area contributed by atoms with Gasteiger partial charge in [-0.15, -0.1) is 0 Å². The van der Waals surface area contributed by atoms with Gasteiger partial charge < -0.3 is 144 Å². The molecule has 31 heteroatoms. The first-order chi connectivity index (χ1) is 33.0. The normalized spacial score (nSPS) is 50.3. The van der Waals surface area contributed by atoms with Crippen LogP contribution in [0.5, 0.6) is 0 Å². The third kappa shape index (κ3) is 12.3. The topological polar surface area (TPSA) is 483 Å². The molecule has 0 aromatic heterocycles. The number of carbonyl (C=O) groups is 2. The van der Waals surface area contributed by atoms with E-state index in [9.17, 15) is 91.3 Å². The Balaban J connectivity index is 1.29. The van der Waals surface area contributed by atoms with E-state index in [1.165, 1.54) is 6.92 Å². The Morgan fingerprint density at radius 2 is 0.957 bits per heavy atom. The van der Waals surface area contributed by atoms with Crippen LogP contribution in [0.3, 0.4) is 0 Å². The van der Waals surface area contributed by atoms with Crippen LogP contribution in [0.25, 0.3) is 0 Å². The summed E-state index contributed by atoms with van der Waals surface area (Å²) in [5, 5.41) is 175. The molecule has 0 unspecified atom stereocenters. The van der Waals surface area contributed by atoms with Gasteiger partial charge in [-0.25, -0.2) is 0 Å². The molecule has 0 bridgehead atoms. The summed E-state index contributed by atoms with van der Waals surface area (Å²) in [5.41, 5.74) is 0. The third-order valence-corrected chi connectivity index (χ3v) is 12.8. The number of aliphatic hydroxyl groups is 16. The summed E-state index contributed by atoms with van der Waals surface area (Å²) < 4.78 is 63.5. The van der Waals surface area contributed by atoms with Crippen LogP contribution in [0.1, 0.15) is 20.8 Å². The van der Waals surface area contributed by atoms with Gasteiger partial charge in [0.2, 0.25) is 11.8 Å². The lowest BCUT2D eigenvalue weighted by Gasteiger charge is -2.51. The van der Waals surface area contributed by atoms with Crippen LogP contribution in [-0.4, -0.2) is 305 Å². The molecule has 0 aliphatic carbocycles. The Kier molecular flexibility index (Phi) is 20.0. The number of rotatable bonds is 16. The van der Waals surface area contributed by atoms with Crippen molar-refractivity contribution < 1.29 is 143 Å². The van der Waals surface area contributed by atoms with Gasteiger partial charge in [-0.1, -0.05) is 0 Å². The van der Waals surface area contributed by atoms with E-state index in [1.54, 1.807) is 0 Å². The van der Waals surface area contributed by atoms with Crippen molar-refractivity contribution in [3.05, 3.63) is 0 Å². The first-order valence-corrected chi connectivity index (χ1v) is 22.4. The van der Waals surface area contributed by atoms with Crippen molar-refractivity contribution in [2.75, 3.05) is 33.0 Å². The molecule has 70 heavy (non-hydrogen) atoms. The summed E-state index contributed by atoms with van der Waals surface area (Å²) in [4.78, 5) is 25.2. The molecule has 0 aromatic carbocycles. The molecule has 0 radical (unpaired) electrons. The maximum Gasteiger partial charge on any atom is 0.217 e. The predicted octanol–water partition coefficient (Wildman–Crippen LogP) is -12.1. The van der Waals surface area contributed by atoms with Gasteiger partial charge >= 0.3 is 0 Å². The number of amides is 2. The summed E-state index contributed by atoms with van der Waals surface area (Å²) in [6.45, 7) is -0.861. The van der Waals surface area contributed by atoms with E-state index in [2.05, 4.69) is 10.6 Å². The Morgan fingerprint density at radius 1 is 0.457 bits per heavy atom. The Morgan fingerprint density at radius 3 is 1.59 bits per heavy atom. The van der Waals surface area contributed by atoms with Crippen molar-refractivity contribution in [3.63, 3.8) is 0 Å². The zero-order valence-electron chi connectivity index (χ0n) is 37.7. The van der Waals surface area contributed by atoms with E-state index in [-0.39, 0.29) is 0 Å². The van der Waals surface area contributed by atoms with Crippen molar-refractivity contribution >= 4 is 11.8 Å². The van der Waals surface area contributed by atoms with Crippen LogP contribution in [-0.2, 0) is 61.7 Å². The molecule has 0 aromatic rings. The fraction of sp³-hybridized carbons (Fsp3) is 0.949. The predicted molar refractivity (Wildman–Crippen MR) is 215 cm³/mol.